The fourth-order valence-electron chi connectivity index (χ4n) is 3.89. The van der Waals surface area contributed by atoms with Gasteiger partial charge < -0.3 is 20.1 Å². The second-order valence-electron chi connectivity index (χ2n) is 9.81. The number of rotatable bonds is 5. The number of carbonyl (C=O) groups excluding carboxylic acids is 1. The highest BCUT2D eigenvalue weighted by atomic mass is 35.5. The van der Waals surface area contributed by atoms with E-state index in [0.29, 0.717) is 43.3 Å². The van der Waals surface area contributed by atoms with Crippen molar-refractivity contribution in [3.8, 4) is 0 Å². The lowest BCUT2D eigenvalue weighted by molar-refractivity contribution is -0.137. The highest BCUT2D eigenvalue weighted by molar-refractivity contribution is 6.33. The molecule has 1 saturated heterocycles. The summed E-state index contributed by atoms with van der Waals surface area (Å²) in [5.41, 5.74) is 0.437. The largest absolute Gasteiger partial charge is 0.417 e. The molecule has 0 saturated carbocycles. The maximum Gasteiger partial charge on any atom is 0.417 e. The van der Waals surface area contributed by atoms with Gasteiger partial charge in [0.2, 0.25) is 5.91 Å². The van der Waals surface area contributed by atoms with Crippen LogP contribution >= 0.6 is 11.6 Å². The second-order valence-corrected chi connectivity index (χ2v) is 10.2. The second kappa shape index (κ2) is 10.0. The highest BCUT2D eigenvalue weighted by Crippen LogP contribution is 2.35. The zero-order valence-electron chi connectivity index (χ0n) is 20.1. The first-order chi connectivity index (χ1) is 16.9. The van der Waals surface area contributed by atoms with E-state index in [1.54, 1.807) is 12.1 Å². The summed E-state index contributed by atoms with van der Waals surface area (Å²) in [6.45, 7) is 7.05. The average molecular weight is 522 g/mol. The van der Waals surface area contributed by atoms with E-state index in [1.807, 2.05) is 43.9 Å². The van der Waals surface area contributed by atoms with Crippen molar-refractivity contribution in [3.63, 3.8) is 0 Å². The van der Waals surface area contributed by atoms with Gasteiger partial charge in [0.15, 0.2) is 5.82 Å². The van der Waals surface area contributed by atoms with E-state index in [0.717, 1.165) is 23.7 Å². The first-order valence-corrected chi connectivity index (χ1v) is 11.9. The Morgan fingerprint density at radius 1 is 1.08 bits per heavy atom. The molecule has 0 atom stereocenters. The predicted octanol–water partition coefficient (Wildman–Crippen LogP) is 6.64. The zero-order chi connectivity index (χ0) is 26.1. The lowest BCUT2D eigenvalue weighted by atomic mass is 9.93. The van der Waals surface area contributed by atoms with Crippen LogP contribution in [0.2, 0.25) is 5.02 Å². The van der Waals surface area contributed by atoms with Gasteiger partial charge >= 0.3 is 6.18 Å². The molecule has 1 amide bonds. The fraction of sp³-hybridized carbons (Fsp3) is 0.400. The van der Waals surface area contributed by atoms with Gasteiger partial charge in [-0.3, -0.25) is 4.79 Å². The van der Waals surface area contributed by atoms with E-state index in [1.165, 1.54) is 0 Å². The number of hydrogen-bond donors (Lipinski definition) is 2. The molecule has 4 rings (SSSR count). The zero-order valence-corrected chi connectivity index (χ0v) is 20.9. The van der Waals surface area contributed by atoms with Crippen molar-refractivity contribution in [1.82, 2.24) is 10.1 Å². The molecule has 1 aliphatic heterocycles. The number of carbonyl (C=O) groups is 1. The first-order valence-electron chi connectivity index (χ1n) is 11.5. The minimum absolute atomic E-state index is 0.0540. The summed E-state index contributed by atoms with van der Waals surface area (Å²) in [7, 11) is 0. The monoisotopic (exact) mass is 521 g/mol. The molecule has 3 aromatic rings. The smallest absolute Gasteiger partial charge is 0.359 e. The lowest BCUT2D eigenvalue weighted by Gasteiger charge is -2.32. The van der Waals surface area contributed by atoms with Crippen molar-refractivity contribution in [3.05, 3.63) is 58.9 Å². The van der Waals surface area contributed by atoms with E-state index in [9.17, 15) is 18.0 Å². The van der Waals surface area contributed by atoms with E-state index in [-0.39, 0.29) is 22.3 Å². The minimum atomic E-state index is -4.50. The van der Waals surface area contributed by atoms with Crippen molar-refractivity contribution in [2.75, 3.05) is 28.6 Å². The van der Waals surface area contributed by atoms with Crippen molar-refractivity contribution in [1.29, 1.82) is 0 Å². The third-order valence-corrected chi connectivity index (χ3v) is 6.27. The molecule has 1 aromatic carbocycles. The molecule has 0 radical (unpaired) electrons. The Kier molecular flexibility index (Phi) is 7.17. The van der Waals surface area contributed by atoms with Crippen molar-refractivity contribution in [2.45, 2.75) is 45.2 Å². The van der Waals surface area contributed by atoms with Gasteiger partial charge in [0.1, 0.15) is 11.6 Å². The number of piperidine rings is 1. The van der Waals surface area contributed by atoms with Gasteiger partial charge in [-0.1, -0.05) is 37.5 Å². The number of aromatic nitrogens is 2. The van der Waals surface area contributed by atoms with Crippen LogP contribution in [0.25, 0.3) is 0 Å². The molecule has 0 spiro atoms. The third kappa shape index (κ3) is 6.10. The maximum atomic E-state index is 12.9. The summed E-state index contributed by atoms with van der Waals surface area (Å²) in [5, 5.41) is 10.1. The van der Waals surface area contributed by atoms with E-state index in [2.05, 4.69) is 20.8 Å². The Balaban J connectivity index is 1.30. The number of nitrogens with one attached hydrogen (secondary N) is 2. The summed E-state index contributed by atoms with van der Waals surface area (Å²) in [6.07, 6.45) is -2.65. The van der Waals surface area contributed by atoms with Crippen LogP contribution in [0.3, 0.4) is 0 Å². The highest BCUT2D eigenvalue weighted by Gasteiger charge is 2.33. The summed E-state index contributed by atoms with van der Waals surface area (Å²) in [6, 6.07) is 10.0. The molecule has 2 N–H and O–H groups in total. The Morgan fingerprint density at radius 2 is 1.72 bits per heavy atom. The van der Waals surface area contributed by atoms with Gasteiger partial charge in [0.05, 0.1) is 10.6 Å². The van der Waals surface area contributed by atoms with Crippen LogP contribution in [0.5, 0.6) is 0 Å². The molecular weight excluding hydrogens is 495 g/mol. The molecule has 36 heavy (non-hydrogen) atoms. The van der Waals surface area contributed by atoms with Crippen LogP contribution < -0.4 is 15.5 Å². The number of halogens is 4. The summed E-state index contributed by atoms with van der Waals surface area (Å²) < 4.78 is 43.9. The fourth-order valence-corrected chi connectivity index (χ4v) is 4.17. The summed E-state index contributed by atoms with van der Waals surface area (Å²) in [4.78, 5) is 18.5. The van der Waals surface area contributed by atoms with Crippen LogP contribution in [0, 0.1) is 5.92 Å². The lowest BCUT2D eigenvalue weighted by Crippen LogP contribution is -2.38. The quantitative estimate of drug-likeness (QED) is 0.391. The molecule has 0 bridgehead atoms. The molecular formula is C25H27ClF3N5O2. The number of amides is 1. The van der Waals surface area contributed by atoms with Crippen LogP contribution in [-0.4, -0.2) is 29.1 Å². The number of nitrogens with zero attached hydrogens (tertiary/aromatic N) is 3. The van der Waals surface area contributed by atoms with Crippen molar-refractivity contribution >= 4 is 40.5 Å². The van der Waals surface area contributed by atoms with E-state index >= 15 is 0 Å². The Bertz CT molecular complexity index is 1210. The molecule has 7 nitrogen and oxygen atoms in total. The Hall–Kier alpha value is -3.27. The molecule has 2 aromatic heterocycles. The van der Waals surface area contributed by atoms with Gasteiger partial charge in [0.25, 0.3) is 0 Å². The van der Waals surface area contributed by atoms with Crippen LogP contribution in [0.4, 0.5) is 36.2 Å². The minimum Gasteiger partial charge on any atom is -0.359 e. The standard InChI is InChI=1S/C25H27ClF3N5O2/c1-24(2,3)20-13-21(33-36-20)31-17-4-6-18(7-5-17)32-23(35)15-8-10-34(11-9-15)22-19(26)12-16(14-30-22)25(27,28)29/h4-7,12-15H,8-11H2,1-3H3,(H,31,33)(H,32,35). The maximum absolute atomic E-state index is 12.9. The predicted molar refractivity (Wildman–Crippen MR) is 133 cm³/mol. The Labute approximate surface area is 212 Å². The van der Waals surface area contributed by atoms with Crippen molar-refractivity contribution in [2.24, 2.45) is 5.92 Å². The SMILES string of the molecule is CC(C)(C)c1cc(Nc2ccc(NC(=O)C3CCN(c4ncc(C(F)(F)F)cc4Cl)CC3)cc2)no1. The third-order valence-electron chi connectivity index (χ3n) is 5.99. The van der Waals surface area contributed by atoms with E-state index in [4.69, 9.17) is 16.1 Å². The summed E-state index contributed by atoms with van der Waals surface area (Å²) in [5.74, 6) is 1.35. The van der Waals surface area contributed by atoms with Crippen LogP contribution in [0.15, 0.2) is 47.1 Å². The van der Waals surface area contributed by atoms with Crippen molar-refractivity contribution < 1.29 is 22.5 Å². The van der Waals surface area contributed by atoms with Gasteiger partial charge in [-0.25, -0.2) is 4.98 Å². The van der Waals surface area contributed by atoms with Crippen LogP contribution in [-0.2, 0) is 16.4 Å². The Morgan fingerprint density at radius 3 is 2.28 bits per heavy atom. The molecule has 0 aliphatic carbocycles. The molecule has 3 heterocycles. The number of benzene rings is 1. The topological polar surface area (TPSA) is 83.3 Å². The number of alkyl halides is 3. The number of anilines is 4. The molecule has 1 fully saturated rings. The molecule has 192 valence electrons. The van der Waals surface area contributed by atoms with Gasteiger partial charge in [-0.15, -0.1) is 0 Å². The number of pyridine rings is 1. The normalized spacial score (nSPS) is 15.1. The summed E-state index contributed by atoms with van der Waals surface area (Å²) >= 11 is 6.06. The molecule has 11 heteroatoms. The number of hydrogen-bond acceptors (Lipinski definition) is 6. The average Bonchev–Trinajstić information content (AvgIpc) is 3.29. The van der Waals surface area contributed by atoms with E-state index < -0.39 is 11.7 Å². The molecule has 1 aliphatic rings. The molecule has 0 unspecified atom stereocenters. The first kappa shape index (κ1) is 25.8. The van der Waals surface area contributed by atoms with Gasteiger partial charge in [0, 0.05) is 48.1 Å². The van der Waals surface area contributed by atoms with Crippen LogP contribution in [0.1, 0.15) is 44.9 Å². The van der Waals surface area contributed by atoms with Gasteiger partial charge in [-0.2, -0.15) is 13.2 Å². The van der Waals surface area contributed by atoms with Gasteiger partial charge in [-0.05, 0) is 43.2 Å².